The minimum absolute atomic E-state index is 0.0245. The van der Waals surface area contributed by atoms with E-state index in [1.165, 1.54) is 14.2 Å². The molecule has 0 spiro atoms. The van der Waals surface area contributed by atoms with E-state index in [0.29, 0.717) is 13.0 Å². The lowest BCUT2D eigenvalue weighted by Crippen LogP contribution is -2.50. The van der Waals surface area contributed by atoms with Crippen molar-refractivity contribution in [3.8, 4) is 0 Å². The van der Waals surface area contributed by atoms with Crippen LogP contribution in [0.25, 0.3) is 0 Å². The Morgan fingerprint density at radius 3 is 2.43 bits per heavy atom. The third-order valence-corrected chi connectivity index (χ3v) is 4.37. The zero-order chi connectivity index (χ0) is 17.5. The SMILES string of the molecule is [B]C1O[C@@](COCCC)(OC)C(OP(=O)(O)OCCC)C1OC. The van der Waals surface area contributed by atoms with E-state index in [-0.39, 0.29) is 13.2 Å². The van der Waals surface area contributed by atoms with Gasteiger partial charge in [0.25, 0.3) is 0 Å². The van der Waals surface area contributed by atoms with E-state index in [1.807, 2.05) is 13.8 Å². The molecular formula is C13H26BO8P. The van der Waals surface area contributed by atoms with Gasteiger partial charge in [-0.1, -0.05) is 13.8 Å². The molecule has 0 aromatic carbocycles. The summed E-state index contributed by atoms with van der Waals surface area (Å²) in [4.78, 5) is 9.87. The van der Waals surface area contributed by atoms with Gasteiger partial charge in [-0.15, -0.1) is 0 Å². The highest BCUT2D eigenvalue weighted by Crippen LogP contribution is 2.50. The van der Waals surface area contributed by atoms with Crippen LogP contribution in [0.3, 0.4) is 0 Å². The lowest BCUT2D eigenvalue weighted by atomic mass is 9.92. The van der Waals surface area contributed by atoms with Gasteiger partial charge in [-0.2, -0.15) is 0 Å². The Hall–Kier alpha value is 0.0149. The molecule has 8 nitrogen and oxygen atoms in total. The van der Waals surface area contributed by atoms with Gasteiger partial charge in [0.2, 0.25) is 5.79 Å². The number of hydrogen-bond donors (Lipinski definition) is 1. The molecule has 134 valence electrons. The number of rotatable bonds is 11. The molecule has 1 aliphatic heterocycles. The summed E-state index contributed by atoms with van der Waals surface area (Å²) in [5.41, 5.74) is 0. The number of hydrogen-bond acceptors (Lipinski definition) is 7. The van der Waals surface area contributed by atoms with Gasteiger partial charge >= 0.3 is 7.82 Å². The van der Waals surface area contributed by atoms with Crippen molar-refractivity contribution in [3.63, 3.8) is 0 Å². The van der Waals surface area contributed by atoms with Crippen LogP contribution in [0.1, 0.15) is 26.7 Å². The molecule has 1 aliphatic rings. The second-order valence-corrected chi connectivity index (χ2v) is 6.59. The Balaban J connectivity index is 2.95. The van der Waals surface area contributed by atoms with Gasteiger partial charge in [-0.25, -0.2) is 4.57 Å². The Morgan fingerprint density at radius 1 is 1.26 bits per heavy atom. The third kappa shape index (κ3) is 5.51. The van der Waals surface area contributed by atoms with Gasteiger partial charge in [0.1, 0.15) is 20.6 Å². The Bertz CT molecular complexity index is 398. The topological polar surface area (TPSA) is 92.7 Å². The Morgan fingerprint density at radius 2 is 1.91 bits per heavy atom. The molecule has 0 aromatic heterocycles. The van der Waals surface area contributed by atoms with Gasteiger partial charge < -0.3 is 23.8 Å². The molecule has 0 aromatic rings. The van der Waals surface area contributed by atoms with E-state index in [9.17, 15) is 9.46 Å². The fourth-order valence-corrected chi connectivity index (χ4v) is 3.31. The van der Waals surface area contributed by atoms with Crippen molar-refractivity contribution in [2.75, 3.05) is 34.0 Å². The number of methoxy groups -OCH3 is 2. The lowest BCUT2D eigenvalue weighted by molar-refractivity contribution is -0.259. The van der Waals surface area contributed by atoms with Gasteiger partial charge in [-0.3, -0.25) is 9.05 Å². The molecule has 0 aliphatic carbocycles. The molecule has 1 rings (SSSR count). The number of phosphoric ester groups is 1. The summed E-state index contributed by atoms with van der Waals surface area (Å²) < 4.78 is 44.0. The van der Waals surface area contributed by atoms with Crippen molar-refractivity contribution in [1.29, 1.82) is 0 Å². The van der Waals surface area contributed by atoms with Crippen molar-refractivity contribution >= 4 is 15.7 Å². The lowest BCUT2D eigenvalue weighted by Gasteiger charge is -2.33. The molecule has 1 heterocycles. The van der Waals surface area contributed by atoms with Crippen molar-refractivity contribution < 1.29 is 37.5 Å². The van der Waals surface area contributed by atoms with Crippen molar-refractivity contribution in [3.05, 3.63) is 0 Å². The fourth-order valence-electron chi connectivity index (χ4n) is 2.26. The first-order chi connectivity index (χ1) is 10.9. The van der Waals surface area contributed by atoms with E-state index >= 15 is 0 Å². The monoisotopic (exact) mass is 352 g/mol. The van der Waals surface area contributed by atoms with Crippen LogP contribution in [0, 0.1) is 0 Å². The summed E-state index contributed by atoms with van der Waals surface area (Å²) in [6.45, 7) is 4.29. The van der Waals surface area contributed by atoms with Gasteiger partial charge in [-0.05, 0) is 12.8 Å². The Labute approximate surface area is 138 Å². The number of ether oxygens (including phenoxy) is 4. The average Bonchev–Trinajstić information content (AvgIpc) is 2.77. The summed E-state index contributed by atoms with van der Waals surface area (Å²) in [6, 6.07) is -0.902. The molecule has 1 saturated heterocycles. The molecule has 23 heavy (non-hydrogen) atoms. The standard InChI is InChI=1S/C13H26BO8P/c1-5-7-19-9-13(18-4)11(10(17-3)12(14)21-13)22-23(15,16)20-8-6-2/h10-12H,5-9H2,1-4H3,(H,15,16)/t10?,11?,12?,13-/m1/s1. The summed E-state index contributed by atoms with van der Waals surface area (Å²) in [5.74, 6) is -1.46. The molecule has 0 amide bonds. The van der Waals surface area contributed by atoms with Crippen LogP contribution < -0.4 is 0 Å². The van der Waals surface area contributed by atoms with Crippen molar-refractivity contribution in [2.24, 2.45) is 0 Å². The zero-order valence-corrected chi connectivity index (χ0v) is 15.0. The second kappa shape index (κ2) is 9.49. The van der Waals surface area contributed by atoms with E-state index in [4.69, 9.17) is 35.8 Å². The van der Waals surface area contributed by atoms with Crippen molar-refractivity contribution in [1.82, 2.24) is 0 Å². The number of phosphoric acid groups is 1. The first kappa shape index (κ1) is 21.1. The maximum absolute atomic E-state index is 12.1. The predicted octanol–water partition coefficient (Wildman–Crippen LogP) is 1.21. The molecule has 0 saturated carbocycles. The van der Waals surface area contributed by atoms with Gasteiger partial charge in [0.05, 0.1) is 6.61 Å². The smallest absolute Gasteiger partial charge is 0.377 e. The van der Waals surface area contributed by atoms with Gasteiger partial charge in [0, 0.05) is 26.8 Å². The second-order valence-electron chi connectivity index (χ2n) is 5.18. The summed E-state index contributed by atoms with van der Waals surface area (Å²) in [7, 11) is 4.34. The summed E-state index contributed by atoms with van der Waals surface area (Å²) in [5, 5.41) is 0. The fraction of sp³-hybridized carbons (Fsp3) is 1.00. The van der Waals surface area contributed by atoms with Crippen LogP contribution in [-0.4, -0.2) is 70.8 Å². The predicted molar refractivity (Wildman–Crippen MR) is 83.2 cm³/mol. The highest BCUT2D eigenvalue weighted by atomic mass is 31.2. The maximum atomic E-state index is 12.1. The van der Waals surface area contributed by atoms with Crippen LogP contribution in [0.2, 0.25) is 0 Å². The largest absolute Gasteiger partial charge is 0.472 e. The molecule has 4 unspecified atom stereocenters. The highest BCUT2D eigenvalue weighted by molar-refractivity contribution is 7.47. The van der Waals surface area contributed by atoms with Crippen LogP contribution in [0.4, 0.5) is 0 Å². The van der Waals surface area contributed by atoms with Gasteiger partial charge in [0.15, 0.2) is 6.10 Å². The minimum Gasteiger partial charge on any atom is -0.377 e. The summed E-state index contributed by atoms with van der Waals surface area (Å²) >= 11 is 0. The normalized spacial score (nSPS) is 33.7. The van der Waals surface area contributed by atoms with Crippen LogP contribution in [0.15, 0.2) is 0 Å². The van der Waals surface area contributed by atoms with Crippen molar-refractivity contribution in [2.45, 2.75) is 50.7 Å². The van der Waals surface area contributed by atoms with E-state index < -0.39 is 31.8 Å². The first-order valence-corrected chi connectivity index (χ1v) is 9.10. The minimum atomic E-state index is -4.32. The Kier molecular flexibility index (Phi) is 8.68. The zero-order valence-electron chi connectivity index (χ0n) is 14.1. The molecule has 2 radical (unpaired) electrons. The molecule has 5 atom stereocenters. The quantitative estimate of drug-likeness (QED) is 0.337. The third-order valence-electron chi connectivity index (χ3n) is 3.37. The van der Waals surface area contributed by atoms with Crippen LogP contribution >= 0.6 is 7.82 Å². The molecular weight excluding hydrogens is 326 g/mol. The van der Waals surface area contributed by atoms with E-state index in [0.717, 1.165) is 6.42 Å². The maximum Gasteiger partial charge on any atom is 0.472 e. The highest BCUT2D eigenvalue weighted by Gasteiger charge is 2.58. The van der Waals surface area contributed by atoms with Crippen LogP contribution in [0.5, 0.6) is 0 Å². The molecule has 0 bridgehead atoms. The first-order valence-electron chi connectivity index (χ1n) is 7.60. The van der Waals surface area contributed by atoms with Crippen LogP contribution in [-0.2, 0) is 32.6 Å². The molecule has 10 heteroatoms. The van der Waals surface area contributed by atoms with E-state index in [1.54, 1.807) is 0 Å². The summed E-state index contributed by atoms with van der Waals surface area (Å²) in [6.07, 6.45) is -0.538. The average molecular weight is 352 g/mol. The molecule has 1 N–H and O–H groups in total. The molecule has 1 fully saturated rings. The van der Waals surface area contributed by atoms with E-state index in [2.05, 4.69) is 0 Å².